The van der Waals surface area contributed by atoms with Crippen LogP contribution in [0.25, 0.3) is 0 Å². The molecule has 0 spiro atoms. The topological polar surface area (TPSA) is 0 Å². The molecule has 0 aromatic carbocycles. The molecule has 0 atom stereocenters. The fourth-order valence-corrected chi connectivity index (χ4v) is 9.96. The van der Waals surface area contributed by atoms with Crippen molar-refractivity contribution in [1.82, 2.24) is 0 Å². The Morgan fingerprint density at radius 3 is 0.721 bits per heavy atom. The minimum Gasteiger partial charge on any atom is -0.204 e. The standard InChI is InChI=1S/C25H16F34Si2/c1-60(2,24(56,57)20(46,47)16(38,39)12(30,31)10(26,27)14(34,35)18(42,43)22(50,51)52)8-5-6-9(7-8)61(3,4)25(58,59)21(48,49)17(40,41)13(32,33)11(28,29)15(36,37)19(44,45)23(53,54)55/h5,7H,6H2,1-4H3. The zero-order valence-corrected chi connectivity index (χ0v) is 30.7. The highest BCUT2D eigenvalue weighted by atomic mass is 28.3. The van der Waals surface area contributed by atoms with E-state index >= 15 is 17.6 Å². The summed E-state index contributed by atoms with van der Waals surface area (Å²) < 4.78 is 470. The van der Waals surface area contributed by atoms with Crippen molar-refractivity contribution in [2.75, 3.05) is 0 Å². The molecule has 0 bridgehead atoms. The lowest BCUT2D eigenvalue weighted by molar-refractivity contribution is -0.458. The fraction of sp³-hybridized carbons (Fsp3) is 0.840. The van der Waals surface area contributed by atoms with Crippen LogP contribution in [0, 0.1) is 0 Å². The predicted octanol–water partition coefficient (Wildman–Crippen LogP) is 13.8. The third-order valence-corrected chi connectivity index (χ3v) is 16.9. The first-order valence-electron chi connectivity index (χ1n) is 14.6. The van der Waals surface area contributed by atoms with Crippen molar-refractivity contribution in [2.45, 2.75) is 127 Å². The van der Waals surface area contributed by atoms with Gasteiger partial charge in [0.2, 0.25) is 0 Å². The van der Waals surface area contributed by atoms with Gasteiger partial charge in [0.25, 0.3) is 0 Å². The molecule has 0 nitrogen and oxygen atoms in total. The van der Waals surface area contributed by atoms with Gasteiger partial charge in [0.15, 0.2) is 16.1 Å². The molecule has 0 aromatic heterocycles. The van der Waals surface area contributed by atoms with Crippen molar-refractivity contribution >= 4 is 16.1 Å². The van der Waals surface area contributed by atoms with Gasteiger partial charge in [-0.25, -0.2) is 17.6 Å². The van der Waals surface area contributed by atoms with Gasteiger partial charge in [0.05, 0.1) is 0 Å². The van der Waals surface area contributed by atoms with E-state index in [-0.39, 0.29) is 6.08 Å². The van der Waals surface area contributed by atoms with E-state index in [1.54, 1.807) is 0 Å². The second-order valence-corrected chi connectivity index (χ2v) is 22.8. The second kappa shape index (κ2) is 14.0. The molecule has 0 aliphatic heterocycles. The van der Waals surface area contributed by atoms with Crippen LogP contribution in [-0.2, 0) is 0 Å². The molecule has 0 N–H and O–H groups in total. The molecule has 0 saturated carbocycles. The van der Waals surface area contributed by atoms with Gasteiger partial charge in [-0.05, 0) is 6.42 Å². The normalized spacial score (nSPS) is 18.1. The number of allylic oxidation sites excluding steroid dienone is 4. The van der Waals surface area contributed by atoms with E-state index in [0.29, 0.717) is 0 Å². The zero-order valence-electron chi connectivity index (χ0n) is 28.7. The minimum atomic E-state index is -9.11. The van der Waals surface area contributed by atoms with Crippen LogP contribution in [-0.4, -0.2) is 111 Å². The molecule has 0 amide bonds. The first-order valence-corrected chi connectivity index (χ1v) is 20.6. The van der Waals surface area contributed by atoms with Crippen LogP contribution in [0.3, 0.4) is 0 Å². The quantitative estimate of drug-likeness (QED) is 0.107. The molecule has 1 aliphatic rings. The number of hydrogen-bond acceptors (Lipinski definition) is 0. The molecule has 1 aliphatic carbocycles. The summed E-state index contributed by atoms with van der Waals surface area (Å²) in [6.07, 6.45) is -19.1. The predicted molar refractivity (Wildman–Crippen MR) is 137 cm³/mol. The van der Waals surface area contributed by atoms with Gasteiger partial charge in [0.1, 0.15) is 0 Å². The van der Waals surface area contributed by atoms with Crippen molar-refractivity contribution in [1.29, 1.82) is 0 Å². The van der Waals surface area contributed by atoms with Crippen molar-refractivity contribution in [3.63, 3.8) is 0 Å². The highest BCUT2D eigenvalue weighted by Crippen LogP contribution is 2.67. The van der Waals surface area contributed by atoms with E-state index in [4.69, 9.17) is 0 Å². The van der Waals surface area contributed by atoms with Gasteiger partial charge in [0, 0.05) is 0 Å². The number of alkyl halides is 34. The van der Waals surface area contributed by atoms with Crippen LogP contribution in [0.1, 0.15) is 6.42 Å². The molecular formula is C25H16F34Si2. The first-order chi connectivity index (χ1) is 25.7. The average Bonchev–Trinajstić information content (AvgIpc) is 3.54. The summed E-state index contributed by atoms with van der Waals surface area (Å²) in [6.45, 7) is -2.14. The van der Waals surface area contributed by atoms with E-state index in [1.807, 2.05) is 0 Å². The van der Waals surface area contributed by atoms with Crippen molar-refractivity contribution in [3.05, 3.63) is 22.5 Å². The Morgan fingerprint density at radius 1 is 0.295 bits per heavy atom. The van der Waals surface area contributed by atoms with Crippen LogP contribution in [0.2, 0.25) is 26.2 Å². The average molecular weight is 1020 g/mol. The number of halogens is 34. The van der Waals surface area contributed by atoms with Crippen LogP contribution >= 0.6 is 0 Å². The number of rotatable bonds is 16. The molecule has 0 unspecified atom stereocenters. The fourth-order valence-electron chi connectivity index (χ4n) is 4.89. The Morgan fingerprint density at radius 2 is 0.492 bits per heavy atom. The van der Waals surface area contributed by atoms with Crippen molar-refractivity contribution in [2.24, 2.45) is 0 Å². The number of hydrogen-bond donors (Lipinski definition) is 0. The summed E-state index contributed by atoms with van der Waals surface area (Å²) in [4.78, 5) is 0. The Balaban J connectivity index is 3.93. The molecule has 362 valence electrons. The van der Waals surface area contributed by atoms with Crippen LogP contribution < -0.4 is 0 Å². The van der Waals surface area contributed by atoms with Gasteiger partial charge in [-0.15, -0.1) is 0 Å². The van der Waals surface area contributed by atoms with Crippen LogP contribution in [0.15, 0.2) is 22.5 Å². The SMILES string of the molecule is C[Si](C)(C1=CCC([Si](C)(C)C(F)(F)C(F)(F)C(F)(F)C(F)(F)C(F)(F)C(F)(F)C(F)(F)C(F)(F)F)=C1)C(F)(F)C(F)(F)C(F)(F)C(F)(F)C(F)(F)C(F)(F)C(F)(F)C(F)(F)F. The largest absolute Gasteiger partial charge is 0.460 e. The van der Waals surface area contributed by atoms with Gasteiger partial charge in [-0.1, -0.05) is 48.7 Å². The maximum Gasteiger partial charge on any atom is 0.460 e. The molecule has 1 rings (SSSR count). The maximum absolute atomic E-state index is 15.2. The van der Waals surface area contributed by atoms with Gasteiger partial charge in [-0.2, -0.15) is 132 Å². The summed E-state index contributed by atoms with van der Waals surface area (Å²) >= 11 is 0. The van der Waals surface area contributed by atoms with Crippen molar-refractivity contribution in [3.8, 4) is 0 Å². The Hall–Kier alpha value is -2.47. The van der Waals surface area contributed by atoms with E-state index in [9.17, 15) is 132 Å². The van der Waals surface area contributed by atoms with Crippen molar-refractivity contribution < 1.29 is 149 Å². The summed E-state index contributed by atoms with van der Waals surface area (Å²) in [5.74, 6) is -106. The Kier molecular flexibility index (Phi) is 13.0. The molecule has 0 heterocycles. The van der Waals surface area contributed by atoms with Crippen LogP contribution in [0.4, 0.5) is 149 Å². The van der Waals surface area contributed by atoms with Gasteiger partial charge in [-0.3, -0.25) is 0 Å². The van der Waals surface area contributed by atoms with Crippen LogP contribution in [0.5, 0.6) is 0 Å². The van der Waals surface area contributed by atoms with E-state index in [1.165, 1.54) is 0 Å². The van der Waals surface area contributed by atoms with E-state index < -0.39 is 160 Å². The van der Waals surface area contributed by atoms with E-state index in [0.717, 1.165) is 0 Å². The summed E-state index contributed by atoms with van der Waals surface area (Å²) in [6, 6.07) is 0. The smallest absolute Gasteiger partial charge is 0.204 e. The molecule has 36 heteroatoms. The highest BCUT2D eigenvalue weighted by Gasteiger charge is 2.97. The molecule has 0 radical (unpaired) electrons. The van der Waals surface area contributed by atoms with Gasteiger partial charge < -0.3 is 0 Å². The highest BCUT2D eigenvalue weighted by molar-refractivity contribution is 6.89. The first kappa shape index (κ1) is 56.6. The van der Waals surface area contributed by atoms with E-state index in [2.05, 4.69) is 0 Å². The minimum absolute atomic E-state index is 0.335. The molecular weight excluding hydrogens is 1000 g/mol. The third-order valence-electron chi connectivity index (χ3n) is 9.41. The summed E-state index contributed by atoms with van der Waals surface area (Å²) in [5.41, 5.74) is -14.6. The zero-order chi connectivity index (χ0) is 50.3. The Bertz CT molecular complexity index is 1720. The lowest BCUT2D eigenvalue weighted by Gasteiger charge is -2.46. The lowest BCUT2D eigenvalue weighted by Crippen LogP contribution is -2.76. The summed E-state index contributed by atoms with van der Waals surface area (Å²) in [5, 5.41) is -4.01. The molecule has 61 heavy (non-hydrogen) atoms. The molecule has 0 fully saturated rings. The monoisotopic (exact) mass is 1020 g/mol. The second-order valence-electron chi connectivity index (χ2n) is 13.8. The maximum atomic E-state index is 15.2. The summed E-state index contributed by atoms with van der Waals surface area (Å²) in [7, 11) is -13.5. The Labute approximate surface area is 316 Å². The third kappa shape index (κ3) is 6.72. The lowest BCUT2D eigenvalue weighted by atomic mass is 9.91. The van der Waals surface area contributed by atoms with Gasteiger partial charge >= 0.3 is 94.5 Å². The molecule has 0 saturated heterocycles. The molecule has 0 aromatic rings.